The largest absolute Gasteiger partial charge is 0.319 e. The van der Waals surface area contributed by atoms with Gasteiger partial charge in [-0.3, -0.25) is 9.52 Å². The van der Waals surface area contributed by atoms with Gasteiger partial charge in [-0.15, -0.1) is 0 Å². The molecular formula is C20H16F2N2O3S. The van der Waals surface area contributed by atoms with Gasteiger partial charge in [0, 0.05) is 0 Å². The molecule has 0 saturated carbocycles. The lowest BCUT2D eigenvalue weighted by molar-refractivity contribution is 0.102. The smallest absolute Gasteiger partial charge is 0.261 e. The van der Waals surface area contributed by atoms with Crippen molar-refractivity contribution in [3.8, 4) is 0 Å². The summed E-state index contributed by atoms with van der Waals surface area (Å²) in [6, 6.07) is 14.9. The second-order valence-electron chi connectivity index (χ2n) is 6.00. The molecule has 0 saturated heterocycles. The molecule has 0 aliphatic rings. The fraction of sp³-hybridized carbons (Fsp3) is 0.0500. The number of halogens is 2. The van der Waals surface area contributed by atoms with Gasteiger partial charge < -0.3 is 5.32 Å². The van der Waals surface area contributed by atoms with E-state index < -0.39 is 27.6 Å². The zero-order valence-electron chi connectivity index (χ0n) is 14.7. The van der Waals surface area contributed by atoms with E-state index >= 15 is 0 Å². The van der Waals surface area contributed by atoms with E-state index in [1.54, 1.807) is 18.2 Å². The van der Waals surface area contributed by atoms with Gasteiger partial charge in [0.1, 0.15) is 11.6 Å². The molecule has 0 fully saturated rings. The Hall–Kier alpha value is -3.26. The van der Waals surface area contributed by atoms with Crippen LogP contribution >= 0.6 is 0 Å². The van der Waals surface area contributed by atoms with Crippen molar-refractivity contribution >= 4 is 27.3 Å². The van der Waals surface area contributed by atoms with Crippen LogP contribution in [0.15, 0.2) is 71.6 Å². The lowest BCUT2D eigenvalue weighted by atomic mass is 10.1. The first-order valence-corrected chi connectivity index (χ1v) is 9.70. The number of para-hydroxylation sites is 2. The molecule has 0 aliphatic carbocycles. The van der Waals surface area contributed by atoms with Gasteiger partial charge in [0.15, 0.2) is 0 Å². The molecule has 3 rings (SSSR count). The number of anilines is 2. The number of sulfonamides is 1. The summed E-state index contributed by atoms with van der Waals surface area (Å²) in [6.45, 7) is 1.45. The third kappa shape index (κ3) is 4.17. The van der Waals surface area contributed by atoms with Gasteiger partial charge in [-0.25, -0.2) is 17.2 Å². The summed E-state index contributed by atoms with van der Waals surface area (Å²) in [7, 11) is -4.06. The van der Waals surface area contributed by atoms with Crippen molar-refractivity contribution < 1.29 is 22.0 Å². The maximum Gasteiger partial charge on any atom is 0.261 e. The van der Waals surface area contributed by atoms with E-state index in [1.165, 1.54) is 43.3 Å². The van der Waals surface area contributed by atoms with Crippen molar-refractivity contribution in [1.29, 1.82) is 0 Å². The van der Waals surface area contributed by atoms with Crippen LogP contribution in [0.4, 0.5) is 20.2 Å². The van der Waals surface area contributed by atoms with Crippen molar-refractivity contribution in [1.82, 2.24) is 0 Å². The summed E-state index contributed by atoms with van der Waals surface area (Å²) in [4.78, 5) is 12.4. The number of amides is 1. The molecule has 0 radical (unpaired) electrons. The number of carbonyl (C=O) groups is 1. The van der Waals surface area contributed by atoms with Gasteiger partial charge in [0.2, 0.25) is 0 Å². The molecule has 0 aliphatic heterocycles. The lowest BCUT2D eigenvalue weighted by Gasteiger charge is -2.13. The Labute approximate surface area is 161 Å². The van der Waals surface area contributed by atoms with Crippen molar-refractivity contribution in [3.63, 3.8) is 0 Å². The molecule has 0 bridgehead atoms. The maximum atomic E-state index is 13.8. The van der Waals surface area contributed by atoms with Crippen LogP contribution in [-0.4, -0.2) is 14.3 Å². The second kappa shape index (κ2) is 7.77. The average Bonchev–Trinajstić information content (AvgIpc) is 2.66. The highest BCUT2D eigenvalue weighted by molar-refractivity contribution is 7.92. The van der Waals surface area contributed by atoms with Crippen LogP contribution in [0.1, 0.15) is 15.9 Å². The second-order valence-corrected chi connectivity index (χ2v) is 7.68. The minimum atomic E-state index is -4.06. The Bertz CT molecular complexity index is 1150. The van der Waals surface area contributed by atoms with Crippen LogP contribution < -0.4 is 10.0 Å². The number of benzene rings is 3. The summed E-state index contributed by atoms with van der Waals surface area (Å²) < 4.78 is 54.8. The third-order valence-electron chi connectivity index (χ3n) is 3.98. The topological polar surface area (TPSA) is 75.3 Å². The molecule has 3 aromatic carbocycles. The zero-order chi connectivity index (χ0) is 20.3. The Morgan fingerprint density at radius 1 is 0.857 bits per heavy atom. The summed E-state index contributed by atoms with van der Waals surface area (Å²) in [5.74, 6) is -1.82. The molecule has 0 atom stereocenters. The summed E-state index contributed by atoms with van der Waals surface area (Å²) in [5.41, 5.74) is 0.166. The van der Waals surface area contributed by atoms with E-state index in [0.29, 0.717) is 0 Å². The maximum absolute atomic E-state index is 13.8. The number of rotatable bonds is 5. The van der Waals surface area contributed by atoms with Gasteiger partial charge in [-0.2, -0.15) is 0 Å². The van der Waals surface area contributed by atoms with Crippen LogP contribution in [0.25, 0.3) is 0 Å². The van der Waals surface area contributed by atoms with E-state index in [4.69, 9.17) is 0 Å². The summed E-state index contributed by atoms with van der Waals surface area (Å²) >= 11 is 0. The van der Waals surface area contributed by atoms with E-state index in [0.717, 1.165) is 12.1 Å². The van der Waals surface area contributed by atoms with E-state index in [-0.39, 0.29) is 27.4 Å². The molecule has 5 nitrogen and oxygen atoms in total. The van der Waals surface area contributed by atoms with Crippen LogP contribution in [0.5, 0.6) is 0 Å². The molecule has 0 unspecified atom stereocenters. The molecule has 8 heteroatoms. The summed E-state index contributed by atoms with van der Waals surface area (Å²) in [5, 5.41) is 2.41. The van der Waals surface area contributed by atoms with E-state index in [1.807, 2.05) is 0 Å². The van der Waals surface area contributed by atoms with E-state index in [2.05, 4.69) is 10.0 Å². The molecule has 0 spiro atoms. The highest BCUT2D eigenvalue weighted by Crippen LogP contribution is 2.23. The predicted molar refractivity (Wildman–Crippen MR) is 103 cm³/mol. The monoisotopic (exact) mass is 402 g/mol. The predicted octanol–water partition coefficient (Wildman–Crippen LogP) is 4.33. The number of hydrogen-bond donors (Lipinski definition) is 2. The quantitative estimate of drug-likeness (QED) is 0.667. The van der Waals surface area contributed by atoms with E-state index in [9.17, 15) is 22.0 Å². The van der Waals surface area contributed by atoms with Crippen LogP contribution in [0, 0.1) is 18.6 Å². The first-order chi connectivity index (χ1) is 13.3. The number of hydrogen-bond acceptors (Lipinski definition) is 3. The SMILES string of the molecule is Cc1cc(S(=O)(=O)Nc2ccccc2C(=O)Nc2ccccc2F)ccc1F. The number of nitrogens with one attached hydrogen (secondary N) is 2. The van der Waals surface area contributed by atoms with Crippen molar-refractivity contribution in [3.05, 3.63) is 89.5 Å². The number of carbonyl (C=O) groups excluding carboxylic acids is 1. The highest BCUT2D eigenvalue weighted by Gasteiger charge is 2.20. The van der Waals surface area contributed by atoms with Gasteiger partial charge >= 0.3 is 0 Å². The fourth-order valence-electron chi connectivity index (χ4n) is 2.51. The van der Waals surface area contributed by atoms with Crippen molar-refractivity contribution in [2.24, 2.45) is 0 Å². The number of aryl methyl sites for hydroxylation is 1. The fourth-order valence-corrected chi connectivity index (χ4v) is 3.67. The van der Waals surface area contributed by atoms with Gasteiger partial charge in [0.25, 0.3) is 15.9 Å². The van der Waals surface area contributed by atoms with Crippen LogP contribution in [0.2, 0.25) is 0 Å². The Kier molecular flexibility index (Phi) is 5.41. The molecular weight excluding hydrogens is 386 g/mol. The molecule has 3 aromatic rings. The van der Waals surface area contributed by atoms with Crippen LogP contribution in [0.3, 0.4) is 0 Å². The Balaban J connectivity index is 1.90. The minimum absolute atomic E-state index is 0.00756. The van der Waals surface area contributed by atoms with Gasteiger partial charge in [-0.1, -0.05) is 24.3 Å². The molecule has 28 heavy (non-hydrogen) atoms. The van der Waals surface area contributed by atoms with Crippen molar-refractivity contribution in [2.45, 2.75) is 11.8 Å². The van der Waals surface area contributed by atoms with Crippen LogP contribution in [-0.2, 0) is 10.0 Å². The first kappa shape index (κ1) is 19.5. The Morgan fingerprint density at radius 2 is 1.50 bits per heavy atom. The van der Waals surface area contributed by atoms with Gasteiger partial charge in [0.05, 0.1) is 21.8 Å². The Morgan fingerprint density at radius 3 is 2.18 bits per heavy atom. The van der Waals surface area contributed by atoms with Gasteiger partial charge in [-0.05, 0) is 55.0 Å². The zero-order valence-corrected chi connectivity index (χ0v) is 15.6. The molecule has 0 heterocycles. The minimum Gasteiger partial charge on any atom is -0.319 e. The standard InChI is InChI=1S/C20H16F2N2O3S/c1-13-12-14(10-11-16(13)21)28(26,27)24-18-8-4-2-6-15(18)20(25)23-19-9-5-3-7-17(19)22/h2-12,24H,1H3,(H,23,25). The molecule has 2 N–H and O–H groups in total. The summed E-state index contributed by atoms with van der Waals surface area (Å²) in [6.07, 6.45) is 0. The average molecular weight is 402 g/mol. The lowest BCUT2D eigenvalue weighted by Crippen LogP contribution is -2.19. The molecule has 1 amide bonds. The normalized spacial score (nSPS) is 11.1. The first-order valence-electron chi connectivity index (χ1n) is 8.22. The molecule has 0 aromatic heterocycles. The third-order valence-corrected chi connectivity index (χ3v) is 5.34. The van der Waals surface area contributed by atoms with Crippen molar-refractivity contribution in [2.75, 3.05) is 10.0 Å². The molecule has 144 valence electrons. The highest BCUT2D eigenvalue weighted by atomic mass is 32.2.